The molecule has 0 aromatic heterocycles. The van der Waals surface area contributed by atoms with Crippen LogP contribution in [0.15, 0.2) is 34.5 Å². The van der Waals surface area contributed by atoms with Gasteiger partial charge in [0, 0.05) is 39.0 Å². The van der Waals surface area contributed by atoms with Gasteiger partial charge in [-0.25, -0.2) is 0 Å². The fourth-order valence-electron chi connectivity index (χ4n) is 2.21. The predicted molar refractivity (Wildman–Crippen MR) is 99.6 cm³/mol. The number of rotatable bonds is 9. The first-order valence-corrected chi connectivity index (χ1v) is 8.53. The molecule has 0 rings (SSSR count). The van der Waals surface area contributed by atoms with Crippen LogP contribution in [0.4, 0.5) is 0 Å². The van der Waals surface area contributed by atoms with E-state index in [1.54, 1.807) is 0 Å². The molecule has 0 aromatic rings. The molecule has 0 saturated carbocycles. The Morgan fingerprint density at radius 1 is 0.682 bits per heavy atom. The van der Waals surface area contributed by atoms with Crippen molar-refractivity contribution in [3.63, 3.8) is 0 Å². The lowest BCUT2D eigenvalue weighted by Crippen LogP contribution is -2.32. The molecular formula is C18H34N4. The molecule has 0 unspecified atom stereocenters. The van der Waals surface area contributed by atoms with Crippen LogP contribution in [0.1, 0.15) is 54.4 Å². The molecule has 4 heteroatoms. The van der Waals surface area contributed by atoms with Gasteiger partial charge in [-0.3, -0.25) is 0 Å². The first-order chi connectivity index (χ1) is 10.7. The number of allylic oxidation sites excluding steroid dienone is 2. The number of nitrogens with zero attached hydrogens (tertiary/aromatic N) is 4. The summed E-state index contributed by atoms with van der Waals surface area (Å²) in [6.45, 7) is 16.5. The zero-order valence-electron chi connectivity index (χ0n) is 15.3. The van der Waals surface area contributed by atoms with E-state index in [1.807, 2.05) is 13.8 Å². The monoisotopic (exact) mass is 306 g/mol. The summed E-state index contributed by atoms with van der Waals surface area (Å²) in [6, 6.07) is 0. The van der Waals surface area contributed by atoms with Crippen molar-refractivity contribution in [2.75, 3.05) is 26.2 Å². The van der Waals surface area contributed by atoms with Crippen molar-refractivity contribution in [2.45, 2.75) is 54.4 Å². The van der Waals surface area contributed by atoms with Gasteiger partial charge in [0.15, 0.2) is 0 Å². The van der Waals surface area contributed by atoms with Crippen molar-refractivity contribution in [3.05, 3.63) is 24.3 Å². The fraction of sp³-hybridized carbons (Fsp3) is 0.667. The molecule has 0 aliphatic rings. The van der Waals surface area contributed by atoms with Crippen molar-refractivity contribution in [1.29, 1.82) is 0 Å². The first kappa shape index (κ1) is 20.4. The maximum Gasteiger partial charge on any atom is 0.131 e. The van der Waals surface area contributed by atoms with Crippen molar-refractivity contribution in [1.82, 2.24) is 9.80 Å². The van der Waals surface area contributed by atoms with Crippen molar-refractivity contribution < 1.29 is 0 Å². The van der Waals surface area contributed by atoms with Gasteiger partial charge in [0.1, 0.15) is 11.7 Å². The summed E-state index contributed by atoms with van der Waals surface area (Å²) in [5.41, 5.74) is 0. The van der Waals surface area contributed by atoms with E-state index in [0.717, 1.165) is 50.7 Å². The summed E-state index contributed by atoms with van der Waals surface area (Å²) in [5.74, 6) is 2.07. The molecule has 0 aromatic carbocycles. The summed E-state index contributed by atoms with van der Waals surface area (Å²) >= 11 is 0. The molecule has 0 spiro atoms. The van der Waals surface area contributed by atoms with E-state index in [-0.39, 0.29) is 0 Å². The normalized spacial score (nSPS) is 13.4. The highest BCUT2D eigenvalue weighted by atomic mass is 15.3. The van der Waals surface area contributed by atoms with Gasteiger partial charge < -0.3 is 9.80 Å². The van der Waals surface area contributed by atoms with Crippen LogP contribution >= 0.6 is 0 Å². The van der Waals surface area contributed by atoms with Gasteiger partial charge in [0.05, 0.1) is 0 Å². The second-order valence-electron chi connectivity index (χ2n) is 4.92. The summed E-state index contributed by atoms with van der Waals surface area (Å²) in [4.78, 5) is 4.53. The van der Waals surface area contributed by atoms with Crippen LogP contribution in [0.25, 0.3) is 0 Å². The van der Waals surface area contributed by atoms with Gasteiger partial charge in [-0.15, -0.1) is 10.2 Å². The van der Waals surface area contributed by atoms with Gasteiger partial charge >= 0.3 is 0 Å². The first-order valence-electron chi connectivity index (χ1n) is 8.53. The Morgan fingerprint density at radius 3 is 1.23 bits per heavy atom. The number of amidine groups is 2. The van der Waals surface area contributed by atoms with E-state index < -0.39 is 0 Å². The Balaban J connectivity index is 5.42. The Labute approximate surface area is 137 Å². The van der Waals surface area contributed by atoms with E-state index in [9.17, 15) is 0 Å². The zero-order chi connectivity index (χ0) is 16.8. The van der Waals surface area contributed by atoms with E-state index in [2.05, 4.69) is 72.0 Å². The van der Waals surface area contributed by atoms with Crippen molar-refractivity contribution in [3.8, 4) is 0 Å². The van der Waals surface area contributed by atoms with E-state index in [1.165, 1.54) is 0 Å². The minimum absolute atomic E-state index is 0.830. The van der Waals surface area contributed by atoms with Crippen LogP contribution in [0.5, 0.6) is 0 Å². The minimum Gasteiger partial charge on any atom is -0.359 e. The van der Waals surface area contributed by atoms with Crippen molar-refractivity contribution >= 4 is 11.7 Å². The molecule has 0 amide bonds. The van der Waals surface area contributed by atoms with Gasteiger partial charge in [-0.2, -0.15) is 0 Å². The van der Waals surface area contributed by atoms with Gasteiger partial charge in [-0.1, -0.05) is 24.3 Å². The number of hydrogen-bond donors (Lipinski definition) is 0. The zero-order valence-corrected chi connectivity index (χ0v) is 15.3. The average Bonchev–Trinajstić information content (AvgIpc) is 2.55. The second-order valence-corrected chi connectivity index (χ2v) is 4.92. The molecule has 0 aliphatic carbocycles. The van der Waals surface area contributed by atoms with Gasteiger partial charge in [-0.05, 0) is 41.5 Å². The Kier molecular flexibility index (Phi) is 12.2. The third kappa shape index (κ3) is 7.43. The maximum absolute atomic E-state index is 4.58. The standard InChI is InChI=1S/C18H34N4/c1-7-13-15-17(21(9-3)10-4)19-20-18(16-14-8-2)22(11-5)12-6/h7-8,13-14H,9-12,15-16H2,1-6H3/b13-7+,14-8+,19-17-,20-18-. The molecule has 0 bridgehead atoms. The topological polar surface area (TPSA) is 31.2 Å². The van der Waals surface area contributed by atoms with Crippen molar-refractivity contribution in [2.24, 2.45) is 10.2 Å². The molecule has 0 N–H and O–H groups in total. The average molecular weight is 306 g/mol. The lowest BCUT2D eigenvalue weighted by Gasteiger charge is -2.23. The molecule has 0 radical (unpaired) electrons. The van der Waals surface area contributed by atoms with Crippen LogP contribution in [-0.2, 0) is 0 Å². The maximum atomic E-state index is 4.58. The Hall–Kier alpha value is -1.58. The SMILES string of the molecule is C/C=C/C/C(=N/N=C(/C/C=C/C)N(CC)CC)N(CC)CC. The third-order valence-corrected chi connectivity index (χ3v) is 3.61. The summed E-state index contributed by atoms with van der Waals surface area (Å²) in [5, 5.41) is 9.15. The van der Waals surface area contributed by atoms with Crippen LogP contribution in [-0.4, -0.2) is 47.7 Å². The molecular weight excluding hydrogens is 272 g/mol. The van der Waals surface area contributed by atoms with Gasteiger partial charge in [0.25, 0.3) is 0 Å². The van der Waals surface area contributed by atoms with Crippen LogP contribution in [0.3, 0.4) is 0 Å². The molecule has 0 atom stereocenters. The van der Waals surface area contributed by atoms with E-state index >= 15 is 0 Å². The minimum atomic E-state index is 0.830. The van der Waals surface area contributed by atoms with E-state index in [4.69, 9.17) is 0 Å². The lowest BCUT2D eigenvalue weighted by molar-refractivity contribution is 0.450. The summed E-state index contributed by atoms with van der Waals surface area (Å²) in [7, 11) is 0. The van der Waals surface area contributed by atoms with E-state index in [0.29, 0.717) is 0 Å². The second kappa shape index (κ2) is 13.1. The summed E-state index contributed by atoms with van der Waals surface area (Å²) in [6.07, 6.45) is 10.1. The highest BCUT2D eigenvalue weighted by Gasteiger charge is 2.08. The lowest BCUT2D eigenvalue weighted by atomic mass is 10.3. The molecule has 0 saturated heterocycles. The van der Waals surface area contributed by atoms with Crippen LogP contribution < -0.4 is 0 Å². The fourth-order valence-corrected chi connectivity index (χ4v) is 2.21. The molecule has 0 heterocycles. The highest BCUT2D eigenvalue weighted by Crippen LogP contribution is 2.03. The van der Waals surface area contributed by atoms with Gasteiger partial charge in [0.2, 0.25) is 0 Å². The molecule has 0 fully saturated rings. The molecule has 4 nitrogen and oxygen atoms in total. The molecule has 126 valence electrons. The Bertz CT molecular complexity index is 348. The molecule has 22 heavy (non-hydrogen) atoms. The smallest absolute Gasteiger partial charge is 0.131 e. The summed E-state index contributed by atoms with van der Waals surface area (Å²) < 4.78 is 0. The quantitative estimate of drug-likeness (QED) is 0.275. The van der Waals surface area contributed by atoms with Crippen LogP contribution in [0.2, 0.25) is 0 Å². The highest BCUT2D eigenvalue weighted by molar-refractivity contribution is 5.87. The third-order valence-electron chi connectivity index (χ3n) is 3.61. The number of hydrogen-bond acceptors (Lipinski definition) is 2. The largest absolute Gasteiger partial charge is 0.359 e. The molecule has 0 aliphatic heterocycles. The Morgan fingerprint density at radius 2 is 1.00 bits per heavy atom. The predicted octanol–water partition coefficient (Wildman–Crippen LogP) is 4.31. The van der Waals surface area contributed by atoms with Crippen LogP contribution in [0, 0.1) is 0 Å².